The van der Waals surface area contributed by atoms with Crippen molar-refractivity contribution >= 4 is 34.2 Å². The number of aryl methyl sites for hydroxylation is 1. The number of para-hydroxylation sites is 1. The van der Waals surface area contributed by atoms with Crippen molar-refractivity contribution in [3.05, 3.63) is 58.8 Å². The van der Waals surface area contributed by atoms with Gasteiger partial charge in [0.05, 0.1) is 12.1 Å². The van der Waals surface area contributed by atoms with Gasteiger partial charge in [-0.1, -0.05) is 29.8 Å². The van der Waals surface area contributed by atoms with Crippen molar-refractivity contribution < 1.29 is 9.15 Å². The lowest BCUT2D eigenvalue weighted by Gasteiger charge is -2.08. The molecule has 3 rings (SSSR count). The second kappa shape index (κ2) is 6.84. The van der Waals surface area contributed by atoms with Gasteiger partial charge in [0.2, 0.25) is 0 Å². The van der Waals surface area contributed by atoms with E-state index in [2.05, 4.69) is 10.3 Å². The summed E-state index contributed by atoms with van der Waals surface area (Å²) in [5.74, 6) is 1.69. The summed E-state index contributed by atoms with van der Waals surface area (Å²) >= 11 is 6.09. The largest absolute Gasteiger partial charge is 0.495 e. The van der Waals surface area contributed by atoms with E-state index in [1.807, 2.05) is 37.3 Å². The zero-order valence-electron chi connectivity index (χ0n) is 13.5. The number of furan rings is 1. The first-order valence-corrected chi connectivity index (χ1v) is 7.84. The molecule has 24 heavy (non-hydrogen) atoms. The Morgan fingerprint density at radius 1 is 1.29 bits per heavy atom. The Balaban J connectivity index is 1.73. The van der Waals surface area contributed by atoms with E-state index in [1.165, 1.54) is 0 Å². The minimum Gasteiger partial charge on any atom is -0.495 e. The molecule has 0 saturated carbocycles. The molecule has 5 nitrogen and oxygen atoms in total. The second-order valence-corrected chi connectivity index (χ2v) is 5.73. The Bertz CT molecular complexity index is 902. The van der Waals surface area contributed by atoms with Crippen molar-refractivity contribution in [2.24, 2.45) is 10.7 Å². The summed E-state index contributed by atoms with van der Waals surface area (Å²) in [6, 6.07) is 13.2. The number of nitrogens with zero attached hydrogens (tertiary/aromatic N) is 1. The fourth-order valence-corrected chi connectivity index (χ4v) is 2.72. The topological polar surface area (TPSA) is 72.8 Å². The van der Waals surface area contributed by atoms with Crippen LogP contribution >= 0.6 is 11.6 Å². The number of ether oxygens (including phenoxy) is 1. The van der Waals surface area contributed by atoms with Gasteiger partial charge in [0, 0.05) is 16.6 Å². The Labute approximate surface area is 145 Å². The summed E-state index contributed by atoms with van der Waals surface area (Å²) in [5, 5.41) is 4.60. The molecule has 0 spiro atoms. The number of halogens is 1. The van der Waals surface area contributed by atoms with Crippen LogP contribution in [-0.4, -0.2) is 13.1 Å². The summed E-state index contributed by atoms with van der Waals surface area (Å²) in [6.07, 6.45) is 0. The van der Waals surface area contributed by atoms with E-state index in [9.17, 15) is 0 Å². The van der Waals surface area contributed by atoms with E-state index in [0.717, 1.165) is 28.0 Å². The lowest BCUT2D eigenvalue weighted by Crippen LogP contribution is -2.22. The maximum atomic E-state index is 6.09. The summed E-state index contributed by atoms with van der Waals surface area (Å²) in [7, 11) is 1.57. The number of nitrogens with two attached hydrogens (primary N) is 1. The van der Waals surface area contributed by atoms with Gasteiger partial charge < -0.3 is 20.2 Å². The van der Waals surface area contributed by atoms with Gasteiger partial charge in [0.1, 0.15) is 23.6 Å². The van der Waals surface area contributed by atoms with Crippen molar-refractivity contribution in [3.63, 3.8) is 0 Å². The van der Waals surface area contributed by atoms with Gasteiger partial charge in [0.25, 0.3) is 0 Å². The maximum Gasteiger partial charge on any atom is 0.193 e. The molecule has 0 atom stereocenters. The Kier molecular flexibility index (Phi) is 4.62. The quantitative estimate of drug-likeness (QED) is 0.546. The number of aliphatic imine (C=N–C) groups is 1. The summed E-state index contributed by atoms with van der Waals surface area (Å²) in [6.45, 7) is 2.38. The second-order valence-electron chi connectivity index (χ2n) is 5.32. The Morgan fingerprint density at radius 2 is 2.08 bits per heavy atom. The molecule has 124 valence electrons. The predicted octanol–water partition coefficient (Wildman–Crippen LogP) is 4.33. The van der Waals surface area contributed by atoms with E-state index < -0.39 is 0 Å². The van der Waals surface area contributed by atoms with Crippen LogP contribution in [0.1, 0.15) is 11.3 Å². The average molecular weight is 344 g/mol. The highest BCUT2D eigenvalue weighted by atomic mass is 35.5. The first-order valence-electron chi connectivity index (χ1n) is 7.46. The van der Waals surface area contributed by atoms with E-state index in [0.29, 0.717) is 17.3 Å². The van der Waals surface area contributed by atoms with Crippen LogP contribution in [0.15, 0.2) is 51.9 Å². The molecule has 1 aromatic heterocycles. The van der Waals surface area contributed by atoms with Crippen LogP contribution in [0.25, 0.3) is 11.0 Å². The van der Waals surface area contributed by atoms with Gasteiger partial charge in [-0.2, -0.15) is 0 Å². The van der Waals surface area contributed by atoms with Crippen molar-refractivity contribution in [1.29, 1.82) is 0 Å². The monoisotopic (exact) mass is 343 g/mol. The van der Waals surface area contributed by atoms with E-state index in [-0.39, 0.29) is 5.96 Å². The zero-order valence-corrected chi connectivity index (χ0v) is 14.2. The minimum atomic E-state index is 0.288. The van der Waals surface area contributed by atoms with Crippen LogP contribution in [0.2, 0.25) is 5.02 Å². The molecule has 0 radical (unpaired) electrons. The molecule has 3 N–H and O–H groups in total. The minimum absolute atomic E-state index is 0.288. The van der Waals surface area contributed by atoms with E-state index in [1.54, 1.807) is 19.2 Å². The third kappa shape index (κ3) is 3.31. The highest BCUT2D eigenvalue weighted by Gasteiger charge is 2.09. The van der Waals surface area contributed by atoms with Gasteiger partial charge >= 0.3 is 0 Å². The standard InChI is InChI=1S/C18H18ClN3O2/c1-11-13-5-3-4-6-15(13)24-17(11)10-21-18(20)22-12-7-8-16(23-2)14(19)9-12/h3-9H,10H2,1-2H3,(H3,20,21,22). The number of guanidine groups is 1. The van der Waals surface area contributed by atoms with Crippen LogP contribution in [0.3, 0.4) is 0 Å². The molecule has 0 aliphatic rings. The third-order valence-electron chi connectivity index (χ3n) is 3.76. The molecule has 3 aromatic rings. The number of benzene rings is 2. The number of hydrogen-bond acceptors (Lipinski definition) is 3. The molecule has 0 unspecified atom stereocenters. The van der Waals surface area contributed by atoms with Crippen LogP contribution in [0, 0.1) is 6.92 Å². The number of nitrogens with one attached hydrogen (secondary N) is 1. The lowest BCUT2D eigenvalue weighted by atomic mass is 10.1. The van der Waals surface area contributed by atoms with Crippen molar-refractivity contribution in [2.45, 2.75) is 13.5 Å². The van der Waals surface area contributed by atoms with Crippen LogP contribution in [0.5, 0.6) is 5.75 Å². The summed E-state index contributed by atoms with van der Waals surface area (Å²) in [5.41, 5.74) is 8.61. The zero-order chi connectivity index (χ0) is 17.1. The molecular weight excluding hydrogens is 326 g/mol. The molecular formula is C18H18ClN3O2. The summed E-state index contributed by atoms with van der Waals surface area (Å²) in [4.78, 5) is 4.33. The normalized spacial score (nSPS) is 11.7. The van der Waals surface area contributed by atoms with E-state index >= 15 is 0 Å². The molecule has 1 heterocycles. The van der Waals surface area contributed by atoms with Crippen molar-refractivity contribution in [3.8, 4) is 5.75 Å². The number of methoxy groups -OCH3 is 1. The van der Waals surface area contributed by atoms with Gasteiger partial charge in [-0.3, -0.25) is 0 Å². The molecule has 0 aliphatic heterocycles. The highest BCUT2D eigenvalue weighted by molar-refractivity contribution is 6.32. The van der Waals surface area contributed by atoms with Gasteiger partial charge in [0.15, 0.2) is 5.96 Å². The first kappa shape index (κ1) is 16.2. The van der Waals surface area contributed by atoms with Gasteiger partial charge in [-0.05, 0) is 31.2 Å². The molecule has 0 amide bonds. The number of rotatable bonds is 4. The van der Waals surface area contributed by atoms with Crippen molar-refractivity contribution in [1.82, 2.24) is 0 Å². The number of anilines is 1. The molecule has 0 bridgehead atoms. The van der Waals surface area contributed by atoms with Gasteiger partial charge in [-0.25, -0.2) is 4.99 Å². The molecule has 2 aromatic carbocycles. The van der Waals surface area contributed by atoms with Gasteiger partial charge in [-0.15, -0.1) is 0 Å². The van der Waals surface area contributed by atoms with E-state index in [4.69, 9.17) is 26.5 Å². The molecule has 0 saturated heterocycles. The fourth-order valence-electron chi connectivity index (χ4n) is 2.46. The smallest absolute Gasteiger partial charge is 0.193 e. The van der Waals surface area contributed by atoms with Crippen LogP contribution < -0.4 is 15.8 Å². The maximum absolute atomic E-state index is 6.09. The molecule has 0 fully saturated rings. The average Bonchev–Trinajstić information content (AvgIpc) is 2.90. The summed E-state index contributed by atoms with van der Waals surface area (Å²) < 4.78 is 10.9. The molecule has 6 heteroatoms. The SMILES string of the molecule is COc1ccc(NC(N)=NCc2oc3ccccc3c2C)cc1Cl. The van der Waals surface area contributed by atoms with Crippen LogP contribution in [0.4, 0.5) is 5.69 Å². The Hall–Kier alpha value is -2.66. The fraction of sp³-hybridized carbons (Fsp3) is 0.167. The third-order valence-corrected chi connectivity index (χ3v) is 4.06. The molecule has 0 aliphatic carbocycles. The number of hydrogen-bond donors (Lipinski definition) is 2. The lowest BCUT2D eigenvalue weighted by molar-refractivity contribution is 0.415. The first-order chi connectivity index (χ1) is 11.6. The van der Waals surface area contributed by atoms with Crippen molar-refractivity contribution in [2.75, 3.05) is 12.4 Å². The predicted molar refractivity (Wildman–Crippen MR) is 97.9 cm³/mol. The Morgan fingerprint density at radius 3 is 2.79 bits per heavy atom. The number of fused-ring (bicyclic) bond motifs is 1. The highest BCUT2D eigenvalue weighted by Crippen LogP contribution is 2.27. The van der Waals surface area contributed by atoms with Crippen LogP contribution in [-0.2, 0) is 6.54 Å².